The molecule has 1 aromatic rings. The fourth-order valence-corrected chi connectivity index (χ4v) is 3.85. The van der Waals surface area contributed by atoms with E-state index in [1.165, 1.54) is 7.11 Å². The van der Waals surface area contributed by atoms with Crippen LogP contribution < -0.4 is 4.72 Å². The second kappa shape index (κ2) is 5.97. The summed E-state index contributed by atoms with van der Waals surface area (Å²) in [5.41, 5.74) is 1.85. The van der Waals surface area contributed by atoms with Crippen molar-refractivity contribution in [1.82, 2.24) is 4.72 Å². The minimum Gasteiger partial charge on any atom is -0.384 e. The van der Waals surface area contributed by atoms with Gasteiger partial charge in [-0.1, -0.05) is 29.3 Å². The lowest BCUT2D eigenvalue weighted by atomic mass is 10.1. The van der Waals surface area contributed by atoms with Crippen molar-refractivity contribution in [1.29, 1.82) is 0 Å². The molecule has 106 valence electrons. The average Bonchev–Trinajstić information content (AvgIpc) is 2.75. The summed E-state index contributed by atoms with van der Waals surface area (Å²) < 4.78 is 31.2. The molecule has 0 saturated carbocycles. The van der Waals surface area contributed by atoms with E-state index in [0.29, 0.717) is 16.5 Å². The standard InChI is InChI=1S/C12H15Cl2NO3S/c1-18-6-7-19(16,17)15-11-5-3-9-8(11)2-4-10(13)12(9)14/h2,4,11,15H,3,5-7H2,1H3/t11-/m0/s1. The van der Waals surface area contributed by atoms with E-state index in [9.17, 15) is 8.42 Å². The van der Waals surface area contributed by atoms with Gasteiger partial charge in [0.25, 0.3) is 0 Å². The minimum atomic E-state index is -3.34. The van der Waals surface area contributed by atoms with Crippen molar-refractivity contribution in [3.05, 3.63) is 33.3 Å². The second-order valence-electron chi connectivity index (χ2n) is 4.45. The highest BCUT2D eigenvalue weighted by Gasteiger charge is 2.28. The highest BCUT2D eigenvalue weighted by Crippen LogP contribution is 2.39. The maximum Gasteiger partial charge on any atom is 0.214 e. The molecule has 1 aliphatic carbocycles. The molecule has 1 aromatic carbocycles. The monoisotopic (exact) mass is 323 g/mol. The molecule has 7 heteroatoms. The first-order chi connectivity index (χ1) is 8.94. The largest absolute Gasteiger partial charge is 0.384 e. The van der Waals surface area contributed by atoms with Crippen LogP contribution in [0.1, 0.15) is 23.6 Å². The number of hydrogen-bond donors (Lipinski definition) is 1. The Bertz CT molecular complexity index is 575. The van der Waals surface area contributed by atoms with Gasteiger partial charge in [-0.15, -0.1) is 0 Å². The summed E-state index contributed by atoms with van der Waals surface area (Å²) in [7, 11) is -1.87. The van der Waals surface area contributed by atoms with Gasteiger partial charge in [0.2, 0.25) is 10.0 Å². The second-order valence-corrected chi connectivity index (χ2v) is 7.11. The van der Waals surface area contributed by atoms with Gasteiger partial charge in [0.1, 0.15) is 0 Å². The normalized spacial score (nSPS) is 18.6. The molecule has 0 fully saturated rings. The summed E-state index contributed by atoms with van der Waals surface area (Å²) in [6.45, 7) is 0.177. The van der Waals surface area contributed by atoms with Crippen LogP contribution in [0.25, 0.3) is 0 Å². The van der Waals surface area contributed by atoms with E-state index < -0.39 is 10.0 Å². The zero-order valence-corrected chi connectivity index (χ0v) is 12.8. The van der Waals surface area contributed by atoms with Crippen molar-refractivity contribution in [2.45, 2.75) is 18.9 Å². The van der Waals surface area contributed by atoms with E-state index in [0.717, 1.165) is 17.5 Å². The molecule has 1 atom stereocenters. The Labute approximate surface area is 123 Å². The predicted octanol–water partition coefficient (Wildman–Crippen LogP) is 2.55. The third kappa shape index (κ3) is 3.41. The summed E-state index contributed by atoms with van der Waals surface area (Å²) >= 11 is 12.1. The average molecular weight is 324 g/mol. The van der Waals surface area contributed by atoms with E-state index in [-0.39, 0.29) is 18.4 Å². The summed E-state index contributed by atoms with van der Waals surface area (Å²) in [6.07, 6.45) is 1.42. The molecule has 0 aliphatic heterocycles. The Kier molecular flexibility index (Phi) is 4.74. The summed E-state index contributed by atoms with van der Waals surface area (Å²) in [4.78, 5) is 0. The van der Waals surface area contributed by atoms with Crippen LogP contribution in [-0.4, -0.2) is 27.9 Å². The third-order valence-corrected chi connectivity index (χ3v) is 5.36. The molecule has 0 radical (unpaired) electrons. The highest BCUT2D eigenvalue weighted by molar-refractivity contribution is 7.89. The van der Waals surface area contributed by atoms with Gasteiger partial charge in [-0.2, -0.15) is 0 Å². The van der Waals surface area contributed by atoms with E-state index in [1.807, 2.05) is 6.07 Å². The van der Waals surface area contributed by atoms with Crippen LogP contribution >= 0.6 is 23.2 Å². The molecular formula is C12H15Cl2NO3S. The number of methoxy groups -OCH3 is 1. The Balaban J connectivity index is 2.17. The van der Waals surface area contributed by atoms with Gasteiger partial charge in [-0.3, -0.25) is 0 Å². The van der Waals surface area contributed by atoms with Gasteiger partial charge >= 0.3 is 0 Å². The smallest absolute Gasteiger partial charge is 0.214 e. The fraction of sp³-hybridized carbons (Fsp3) is 0.500. The van der Waals surface area contributed by atoms with Crippen molar-refractivity contribution in [3.8, 4) is 0 Å². The van der Waals surface area contributed by atoms with E-state index in [4.69, 9.17) is 27.9 Å². The van der Waals surface area contributed by atoms with E-state index >= 15 is 0 Å². The molecule has 0 saturated heterocycles. The topological polar surface area (TPSA) is 55.4 Å². The number of sulfonamides is 1. The van der Waals surface area contributed by atoms with Gasteiger partial charge in [0.05, 0.1) is 22.4 Å². The van der Waals surface area contributed by atoms with Crippen LogP contribution in [0.15, 0.2) is 12.1 Å². The highest BCUT2D eigenvalue weighted by atomic mass is 35.5. The van der Waals surface area contributed by atoms with Gasteiger partial charge < -0.3 is 4.74 Å². The SMILES string of the molecule is COCCS(=O)(=O)N[C@H]1CCc2c1ccc(Cl)c2Cl. The van der Waals surface area contributed by atoms with Crippen LogP contribution in [0, 0.1) is 0 Å². The molecule has 0 amide bonds. The minimum absolute atomic E-state index is 0.0450. The lowest BCUT2D eigenvalue weighted by Crippen LogP contribution is -2.31. The van der Waals surface area contributed by atoms with Crippen LogP contribution in [0.4, 0.5) is 0 Å². The molecule has 0 spiro atoms. The maximum atomic E-state index is 11.9. The number of fused-ring (bicyclic) bond motifs is 1. The maximum absolute atomic E-state index is 11.9. The van der Waals surface area contributed by atoms with Crippen molar-refractivity contribution < 1.29 is 13.2 Å². The van der Waals surface area contributed by atoms with Crippen molar-refractivity contribution in [3.63, 3.8) is 0 Å². The van der Waals surface area contributed by atoms with E-state index in [1.54, 1.807) is 6.07 Å². The predicted molar refractivity (Wildman–Crippen MR) is 76.3 cm³/mol. The number of nitrogens with one attached hydrogen (secondary N) is 1. The summed E-state index contributed by atoms with van der Waals surface area (Å²) in [5.74, 6) is -0.0450. The van der Waals surface area contributed by atoms with Crippen LogP contribution in [-0.2, 0) is 21.2 Å². The number of benzene rings is 1. The zero-order valence-electron chi connectivity index (χ0n) is 10.4. The summed E-state index contributed by atoms with van der Waals surface area (Å²) in [6, 6.07) is 3.30. The molecule has 2 rings (SSSR count). The molecule has 1 N–H and O–H groups in total. The lowest BCUT2D eigenvalue weighted by Gasteiger charge is -2.14. The Morgan fingerprint density at radius 3 is 2.84 bits per heavy atom. The van der Waals surface area contributed by atoms with Gasteiger partial charge in [-0.05, 0) is 30.0 Å². The van der Waals surface area contributed by atoms with Crippen molar-refractivity contribution >= 4 is 33.2 Å². The number of hydrogen-bond acceptors (Lipinski definition) is 3. The Morgan fingerprint density at radius 2 is 2.16 bits per heavy atom. The molecular weight excluding hydrogens is 309 g/mol. The molecule has 19 heavy (non-hydrogen) atoms. The molecule has 0 unspecified atom stereocenters. The first-order valence-corrected chi connectivity index (χ1v) is 8.31. The molecule has 0 aromatic heterocycles. The van der Waals surface area contributed by atoms with Gasteiger partial charge in [0.15, 0.2) is 0 Å². The van der Waals surface area contributed by atoms with Crippen LogP contribution in [0.2, 0.25) is 10.0 Å². The Morgan fingerprint density at radius 1 is 1.42 bits per heavy atom. The first kappa shape index (κ1) is 15.1. The quantitative estimate of drug-likeness (QED) is 0.906. The van der Waals surface area contributed by atoms with Gasteiger partial charge in [0, 0.05) is 13.2 Å². The van der Waals surface area contributed by atoms with Crippen LogP contribution in [0.3, 0.4) is 0 Å². The molecule has 4 nitrogen and oxygen atoms in total. The fourth-order valence-electron chi connectivity index (χ4n) is 2.22. The van der Waals surface area contributed by atoms with E-state index in [2.05, 4.69) is 4.72 Å². The molecule has 0 heterocycles. The van der Waals surface area contributed by atoms with Crippen LogP contribution in [0.5, 0.6) is 0 Å². The lowest BCUT2D eigenvalue weighted by molar-refractivity contribution is 0.216. The first-order valence-electron chi connectivity index (χ1n) is 5.90. The molecule has 0 bridgehead atoms. The number of ether oxygens (including phenoxy) is 1. The summed E-state index contributed by atoms with van der Waals surface area (Å²) in [5, 5.41) is 1.03. The third-order valence-electron chi connectivity index (χ3n) is 3.17. The van der Waals surface area contributed by atoms with Crippen molar-refractivity contribution in [2.75, 3.05) is 19.5 Å². The number of halogens is 2. The van der Waals surface area contributed by atoms with Crippen molar-refractivity contribution in [2.24, 2.45) is 0 Å². The Hall–Kier alpha value is -0.330. The number of rotatable bonds is 5. The van der Waals surface area contributed by atoms with Gasteiger partial charge in [-0.25, -0.2) is 13.1 Å². The zero-order chi connectivity index (χ0) is 14.0. The molecule has 1 aliphatic rings.